The van der Waals surface area contributed by atoms with Crippen molar-refractivity contribution in [3.63, 3.8) is 0 Å². The van der Waals surface area contributed by atoms with E-state index in [1.165, 1.54) is 0 Å². The van der Waals surface area contributed by atoms with Gasteiger partial charge in [0.15, 0.2) is 0 Å². The van der Waals surface area contributed by atoms with Crippen LogP contribution in [0.4, 0.5) is 0 Å². The Morgan fingerprint density at radius 3 is 2.39 bits per heavy atom. The molecule has 88 valence electrons. The standard InChI is InChI=1S/C16H11BrO/c17-14-8-7-12-6-5-11-3-1-2-4-13(11)9-16(18)15(12)10-14/h1-10,18H/b6-5-,11-5?,12-6?,13-9?,16-9?,16-15?. The van der Waals surface area contributed by atoms with E-state index in [0.717, 1.165) is 26.7 Å². The quantitative estimate of drug-likeness (QED) is 0.726. The van der Waals surface area contributed by atoms with E-state index < -0.39 is 0 Å². The van der Waals surface area contributed by atoms with Crippen LogP contribution in [-0.4, -0.2) is 5.11 Å². The van der Waals surface area contributed by atoms with Crippen LogP contribution in [0.1, 0.15) is 22.3 Å². The molecule has 0 unspecified atom stereocenters. The third kappa shape index (κ3) is 2.00. The molecule has 0 bridgehead atoms. The van der Waals surface area contributed by atoms with Gasteiger partial charge in [-0.25, -0.2) is 0 Å². The molecule has 0 fully saturated rings. The van der Waals surface area contributed by atoms with Gasteiger partial charge >= 0.3 is 0 Å². The van der Waals surface area contributed by atoms with Crippen molar-refractivity contribution in [1.82, 2.24) is 0 Å². The van der Waals surface area contributed by atoms with E-state index in [1.807, 2.05) is 54.6 Å². The van der Waals surface area contributed by atoms with Crippen molar-refractivity contribution in [2.24, 2.45) is 0 Å². The molecule has 0 saturated heterocycles. The largest absolute Gasteiger partial charge is 0.507 e. The summed E-state index contributed by atoms with van der Waals surface area (Å²) in [7, 11) is 0. The van der Waals surface area contributed by atoms with Crippen LogP contribution in [-0.2, 0) is 0 Å². The zero-order valence-corrected chi connectivity index (χ0v) is 11.2. The summed E-state index contributed by atoms with van der Waals surface area (Å²) in [6.07, 6.45) is 5.92. The van der Waals surface area contributed by atoms with E-state index in [1.54, 1.807) is 0 Å². The Bertz CT molecular complexity index is 669. The topological polar surface area (TPSA) is 20.2 Å². The van der Waals surface area contributed by atoms with Crippen LogP contribution in [0.25, 0.3) is 24.0 Å². The third-order valence-electron chi connectivity index (χ3n) is 3.02. The Balaban J connectivity index is 2.24. The van der Waals surface area contributed by atoms with E-state index >= 15 is 0 Å². The van der Waals surface area contributed by atoms with Crippen LogP contribution in [0.15, 0.2) is 46.9 Å². The average molecular weight is 299 g/mol. The molecule has 0 radical (unpaired) electrons. The smallest absolute Gasteiger partial charge is 0.124 e. The van der Waals surface area contributed by atoms with Gasteiger partial charge in [-0.05, 0) is 34.9 Å². The molecule has 1 aliphatic carbocycles. The Morgan fingerprint density at radius 1 is 0.833 bits per heavy atom. The number of aliphatic hydroxyl groups excluding tert-OH is 1. The lowest BCUT2D eigenvalue weighted by Gasteiger charge is -2.11. The van der Waals surface area contributed by atoms with E-state index in [-0.39, 0.29) is 0 Å². The van der Waals surface area contributed by atoms with Crippen LogP contribution in [0.3, 0.4) is 0 Å². The van der Waals surface area contributed by atoms with Crippen molar-refractivity contribution in [2.45, 2.75) is 0 Å². The number of fused-ring (bicyclic) bond motifs is 2. The maximum absolute atomic E-state index is 10.2. The summed E-state index contributed by atoms with van der Waals surface area (Å²) in [6.45, 7) is 0. The molecule has 0 aliphatic heterocycles. The second-order valence-electron chi connectivity index (χ2n) is 4.22. The number of hydrogen-bond donors (Lipinski definition) is 1. The summed E-state index contributed by atoms with van der Waals surface area (Å²) in [5.41, 5.74) is 3.99. The first-order chi connectivity index (χ1) is 8.74. The van der Waals surface area contributed by atoms with Crippen molar-refractivity contribution >= 4 is 39.9 Å². The van der Waals surface area contributed by atoms with Gasteiger partial charge in [-0.15, -0.1) is 0 Å². The van der Waals surface area contributed by atoms with Gasteiger partial charge in [0.2, 0.25) is 0 Å². The molecule has 2 aromatic rings. The normalized spacial score (nSPS) is 14.8. The number of rotatable bonds is 0. The number of aliphatic hydroxyl groups is 1. The molecule has 18 heavy (non-hydrogen) atoms. The summed E-state index contributed by atoms with van der Waals surface area (Å²) in [5, 5.41) is 10.2. The van der Waals surface area contributed by atoms with E-state index in [2.05, 4.69) is 22.0 Å². The Labute approximate surface area is 114 Å². The molecule has 0 saturated carbocycles. The molecular formula is C16H11BrO. The first-order valence-electron chi connectivity index (χ1n) is 5.72. The molecule has 0 amide bonds. The molecule has 0 heterocycles. The summed E-state index contributed by atoms with van der Waals surface area (Å²) >= 11 is 3.43. The van der Waals surface area contributed by atoms with Gasteiger partial charge in [-0.2, -0.15) is 0 Å². The third-order valence-corrected chi connectivity index (χ3v) is 3.52. The van der Waals surface area contributed by atoms with Crippen LogP contribution in [0, 0.1) is 0 Å². The minimum atomic E-state index is 0.295. The average Bonchev–Trinajstić information content (AvgIpc) is 2.37. The lowest BCUT2D eigenvalue weighted by molar-refractivity contribution is 0.515. The first-order valence-corrected chi connectivity index (χ1v) is 6.51. The predicted octanol–water partition coefficient (Wildman–Crippen LogP) is 4.99. The highest BCUT2D eigenvalue weighted by Crippen LogP contribution is 2.28. The molecular weight excluding hydrogens is 288 g/mol. The van der Waals surface area contributed by atoms with Crippen molar-refractivity contribution in [2.75, 3.05) is 0 Å². The fraction of sp³-hybridized carbons (Fsp3) is 0. The SMILES string of the molecule is OC1=Cc2ccccc2/C=C\c2ccc(Br)cc21. The van der Waals surface area contributed by atoms with Gasteiger partial charge in [0.1, 0.15) is 5.76 Å². The Morgan fingerprint density at radius 2 is 1.56 bits per heavy atom. The highest BCUT2D eigenvalue weighted by Gasteiger charge is 2.09. The highest BCUT2D eigenvalue weighted by atomic mass is 79.9. The molecule has 0 aromatic heterocycles. The lowest BCUT2D eigenvalue weighted by atomic mass is 9.97. The van der Waals surface area contributed by atoms with Crippen molar-refractivity contribution < 1.29 is 5.11 Å². The molecule has 1 N–H and O–H groups in total. The molecule has 0 atom stereocenters. The predicted molar refractivity (Wildman–Crippen MR) is 80.0 cm³/mol. The van der Waals surface area contributed by atoms with E-state index in [4.69, 9.17) is 0 Å². The zero-order valence-electron chi connectivity index (χ0n) is 9.60. The highest BCUT2D eigenvalue weighted by molar-refractivity contribution is 9.10. The van der Waals surface area contributed by atoms with Crippen LogP contribution in [0.2, 0.25) is 0 Å². The maximum Gasteiger partial charge on any atom is 0.124 e. The summed E-state index contributed by atoms with van der Waals surface area (Å²) < 4.78 is 0.962. The maximum atomic E-state index is 10.2. The molecule has 2 heteroatoms. The van der Waals surface area contributed by atoms with Gasteiger partial charge in [0.05, 0.1) is 0 Å². The summed E-state index contributed by atoms with van der Waals surface area (Å²) in [4.78, 5) is 0. The molecule has 3 rings (SSSR count). The minimum Gasteiger partial charge on any atom is -0.507 e. The van der Waals surface area contributed by atoms with E-state index in [9.17, 15) is 5.11 Å². The fourth-order valence-corrected chi connectivity index (χ4v) is 2.46. The zero-order chi connectivity index (χ0) is 12.5. The minimum absolute atomic E-state index is 0.295. The first kappa shape index (κ1) is 11.3. The fourth-order valence-electron chi connectivity index (χ4n) is 2.09. The Hall–Kier alpha value is -1.80. The van der Waals surface area contributed by atoms with Gasteiger partial charge in [0, 0.05) is 10.0 Å². The van der Waals surface area contributed by atoms with E-state index in [0.29, 0.717) is 5.76 Å². The number of hydrogen-bond acceptors (Lipinski definition) is 1. The summed E-state index contributed by atoms with van der Waals surface area (Å²) in [5.74, 6) is 0.295. The van der Waals surface area contributed by atoms with Crippen LogP contribution >= 0.6 is 15.9 Å². The number of halogens is 1. The van der Waals surface area contributed by atoms with Gasteiger partial charge in [0.25, 0.3) is 0 Å². The van der Waals surface area contributed by atoms with Gasteiger partial charge in [-0.1, -0.05) is 58.4 Å². The molecule has 2 aromatic carbocycles. The Kier molecular flexibility index (Phi) is 2.80. The van der Waals surface area contributed by atoms with Crippen molar-refractivity contribution in [1.29, 1.82) is 0 Å². The van der Waals surface area contributed by atoms with Gasteiger partial charge < -0.3 is 5.11 Å². The van der Waals surface area contributed by atoms with Crippen molar-refractivity contribution in [3.05, 3.63) is 69.2 Å². The molecule has 1 aliphatic rings. The lowest BCUT2D eigenvalue weighted by Crippen LogP contribution is -1.92. The van der Waals surface area contributed by atoms with Gasteiger partial charge in [-0.3, -0.25) is 0 Å². The molecule has 1 nitrogen and oxygen atoms in total. The monoisotopic (exact) mass is 298 g/mol. The molecule has 0 spiro atoms. The second kappa shape index (κ2) is 4.46. The van der Waals surface area contributed by atoms with Crippen LogP contribution in [0.5, 0.6) is 0 Å². The van der Waals surface area contributed by atoms with Crippen molar-refractivity contribution in [3.8, 4) is 0 Å². The second-order valence-corrected chi connectivity index (χ2v) is 5.14. The van der Waals surface area contributed by atoms with Crippen LogP contribution < -0.4 is 0 Å². The number of benzene rings is 2. The summed E-state index contributed by atoms with van der Waals surface area (Å²) in [6, 6.07) is 13.9.